The molecule has 6 nitrogen and oxygen atoms in total. The summed E-state index contributed by atoms with van der Waals surface area (Å²) >= 11 is 5.76. The summed E-state index contributed by atoms with van der Waals surface area (Å²) < 4.78 is 15.0. The Balaban J connectivity index is 2.00. The van der Waals surface area contributed by atoms with Crippen molar-refractivity contribution in [2.45, 2.75) is 19.1 Å². The lowest BCUT2D eigenvalue weighted by Gasteiger charge is -2.15. The van der Waals surface area contributed by atoms with Gasteiger partial charge in [0.15, 0.2) is 12.2 Å². The highest BCUT2D eigenvalue weighted by Gasteiger charge is 2.41. The average Bonchev–Trinajstić information content (AvgIpc) is 2.91. The van der Waals surface area contributed by atoms with E-state index in [1.165, 1.54) is 0 Å². The summed E-state index contributed by atoms with van der Waals surface area (Å²) in [6, 6.07) is 6.59. The minimum atomic E-state index is -1.04. The first kappa shape index (κ1) is 14.8. The number of rotatable bonds is 4. The standard InChI is InChI=1S/C13H14ClNO5/c1-2-18-13(17)11-10(19-7-20-11)12(16)15-9-5-3-8(14)4-6-9/h3-6,10-11H,2,7H2,1H3,(H,15,16)/t10-,11-/m0/s1. The predicted octanol–water partition coefficient (Wildman–Crippen LogP) is 1.58. The van der Waals surface area contributed by atoms with Crippen molar-refractivity contribution in [2.24, 2.45) is 0 Å². The molecule has 0 aliphatic carbocycles. The number of ether oxygens (including phenoxy) is 3. The van der Waals surface area contributed by atoms with Crippen molar-refractivity contribution >= 4 is 29.2 Å². The Morgan fingerprint density at radius 3 is 2.60 bits per heavy atom. The molecule has 1 aliphatic heterocycles. The van der Waals surface area contributed by atoms with E-state index in [0.29, 0.717) is 10.7 Å². The van der Waals surface area contributed by atoms with Gasteiger partial charge in [-0.05, 0) is 31.2 Å². The van der Waals surface area contributed by atoms with Gasteiger partial charge < -0.3 is 19.5 Å². The number of nitrogens with one attached hydrogen (secondary N) is 1. The van der Waals surface area contributed by atoms with Crippen LogP contribution in [-0.4, -0.2) is 37.5 Å². The van der Waals surface area contributed by atoms with Gasteiger partial charge in [0, 0.05) is 10.7 Å². The lowest BCUT2D eigenvalue weighted by Crippen LogP contribution is -2.41. The van der Waals surface area contributed by atoms with Crippen molar-refractivity contribution in [1.29, 1.82) is 0 Å². The van der Waals surface area contributed by atoms with Crippen molar-refractivity contribution in [2.75, 3.05) is 18.7 Å². The van der Waals surface area contributed by atoms with E-state index in [0.717, 1.165) is 0 Å². The molecule has 1 saturated heterocycles. The van der Waals surface area contributed by atoms with Crippen LogP contribution in [0.4, 0.5) is 5.69 Å². The quantitative estimate of drug-likeness (QED) is 0.855. The minimum absolute atomic E-state index is 0.123. The number of carbonyl (C=O) groups is 2. The van der Waals surface area contributed by atoms with Crippen molar-refractivity contribution in [3.8, 4) is 0 Å². The molecule has 2 rings (SSSR count). The Morgan fingerprint density at radius 1 is 1.30 bits per heavy atom. The molecule has 0 bridgehead atoms. The Morgan fingerprint density at radius 2 is 1.95 bits per heavy atom. The molecule has 1 N–H and O–H groups in total. The fraction of sp³-hybridized carbons (Fsp3) is 0.385. The maximum absolute atomic E-state index is 12.1. The van der Waals surface area contributed by atoms with E-state index in [-0.39, 0.29) is 13.4 Å². The van der Waals surface area contributed by atoms with Gasteiger partial charge in [0.2, 0.25) is 0 Å². The number of halogens is 1. The molecule has 2 atom stereocenters. The molecule has 1 fully saturated rings. The van der Waals surface area contributed by atoms with Gasteiger partial charge >= 0.3 is 5.97 Å². The van der Waals surface area contributed by atoms with E-state index in [4.69, 9.17) is 25.8 Å². The lowest BCUT2D eigenvalue weighted by molar-refractivity contribution is -0.155. The number of hydrogen-bond donors (Lipinski definition) is 1. The third-order valence-corrected chi connectivity index (χ3v) is 2.91. The van der Waals surface area contributed by atoms with Gasteiger partial charge in [0.25, 0.3) is 5.91 Å². The third kappa shape index (κ3) is 3.47. The van der Waals surface area contributed by atoms with Gasteiger partial charge in [-0.25, -0.2) is 4.79 Å². The molecule has 7 heteroatoms. The monoisotopic (exact) mass is 299 g/mol. The Labute approximate surface area is 120 Å². The van der Waals surface area contributed by atoms with E-state index in [9.17, 15) is 9.59 Å². The van der Waals surface area contributed by atoms with Crippen LogP contribution in [0, 0.1) is 0 Å². The van der Waals surface area contributed by atoms with E-state index >= 15 is 0 Å². The molecule has 0 unspecified atom stereocenters. The van der Waals surface area contributed by atoms with E-state index in [1.807, 2.05) is 0 Å². The summed E-state index contributed by atoms with van der Waals surface area (Å²) in [4.78, 5) is 23.7. The molecule has 108 valence electrons. The zero-order valence-electron chi connectivity index (χ0n) is 10.8. The van der Waals surface area contributed by atoms with Crippen LogP contribution in [0.15, 0.2) is 24.3 Å². The third-order valence-electron chi connectivity index (χ3n) is 2.66. The topological polar surface area (TPSA) is 73.9 Å². The normalized spacial score (nSPS) is 21.5. The molecular formula is C13H14ClNO5. The molecule has 0 spiro atoms. The van der Waals surface area contributed by atoms with Crippen LogP contribution in [0.2, 0.25) is 5.02 Å². The molecule has 1 amide bonds. The first-order valence-corrected chi connectivity index (χ1v) is 6.46. The van der Waals surface area contributed by atoms with E-state index < -0.39 is 24.1 Å². The van der Waals surface area contributed by atoms with E-state index in [2.05, 4.69) is 5.32 Å². The summed E-state index contributed by atoms with van der Waals surface area (Å²) in [6.07, 6.45) is -2.06. The summed E-state index contributed by atoms with van der Waals surface area (Å²) in [5, 5.41) is 3.19. The molecular weight excluding hydrogens is 286 g/mol. The maximum Gasteiger partial charge on any atom is 0.338 e. The molecule has 1 aliphatic rings. The number of esters is 1. The fourth-order valence-electron chi connectivity index (χ4n) is 1.74. The minimum Gasteiger partial charge on any atom is -0.464 e. The van der Waals surface area contributed by atoms with E-state index in [1.54, 1.807) is 31.2 Å². The van der Waals surface area contributed by atoms with Crippen LogP contribution in [-0.2, 0) is 23.8 Å². The highest BCUT2D eigenvalue weighted by atomic mass is 35.5. The first-order valence-electron chi connectivity index (χ1n) is 6.08. The second-order valence-electron chi connectivity index (χ2n) is 4.04. The van der Waals surface area contributed by atoms with Crippen LogP contribution >= 0.6 is 11.6 Å². The molecule has 1 aromatic rings. The number of benzene rings is 1. The van der Waals surface area contributed by atoms with Gasteiger partial charge in [-0.1, -0.05) is 11.6 Å². The average molecular weight is 300 g/mol. The van der Waals surface area contributed by atoms with Crippen molar-refractivity contribution in [3.63, 3.8) is 0 Å². The molecule has 0 aromatic heterocycles. The largest absolute Gasteiger partial charge is 0.464 e. The second-order valence-corrected chi connectivity index (χ2v) is 4.48. The summed E-state index contributed by atoms with van der Waals surface area (Å²) in [7, 11) is 0. The molecule has 1 heterocycles. The first-order chi connectivity index (χ1) is 9.61. The zero-order valence-corrected chi connectivity index (χ0v) is 11.6. The van der Waals surface area contributed by atoms with Crippen LogP contribution < -0.4 is 5.32 Å². The smallest absolute Gasteiger partial charge is 0.338 e. The highest BCUT2D eigenvalue weighted by Crippen LogP contribution is 2.18. The van der Waals surface area contributed by atoms with Gasteiger partial charge in [-0.15, -0.1) is 0 Å². The number of carbonyl (C=O) groups excluding carboxylic acids is 2. The van der Waals surface area contributed by atoms with Gasteiger partial charge in [0.1, 0.15) is 6.79 Å². The van der Waals surface area contributed by atoms with Gasteiger partial charge in [-0.2, -0.15) is 0 Å². The second kappa shape index (κ2) is 6.69. The highest BCUT2D eigenvalue weighted by molar-refractivity contribution is 6.30. The van der Waals surface area contributed by atoms with Crippen LogP contribution in [0.25, 0.3) is 0 Å². The summed E-state index contributed by atoms with van der Waals surface area (Å²) in [5.74, 6) is -1.08. The Hall–Kier alpha value is -1.63. The van der Waals surface area contributed by atoms with Crippen molar-refractivity contribution < 1.29 is 23.8 Å². The maximum atomic E-state index is 12.1. The number of amides is 1. The Bertz CT molecular complexity index is 490. The van der Waals surface area contributed by atoms with Crippen molar-refractivity contribution in [1.82, 2.24) is 0 Å². The molecule has 0 saturated carbocycles. The Kier molecular flexibility index (Phi) is 4.94. The van der Waals surface area contributed by atoms with Gasteiger partial charge in [0.05, 0.1) is 6.61 Å². The van der Waals surface area contributed by atoms with Crippen LogP contribution in [0.3, 0.4) is 0 Å². The predicted molar refractivity (Wildman–Crippen MR) is 71.3 cm³/mol. The number of anilines is 1. The van der Waals surface area contributed by atoms with Crippen LogP contribution in [0.1, 0.15) is 6.92 Å². The summed E-state index contributed by atoms with van der Waals surface area (Å²) in [6.45, 7) is 1.77. The zero-order chi connectivity index (χ0) is 14.5. The SMILES string of the molecule is CCOC(=O)[C@H]1OCO[C@@H]1C(=O)Nc1ccc(Cl)cc1. The van der Waals surface area contributed by atoms with Crippen LogP contribution in [0.5, 0.6) is 0 Å². The lowest BCUT2D eigenvalue weighted by atomic mass is 10.2. The fourth-order valence-corrected chi connectivity index (χ4v) is 1.86. The molecule has 20 heavy (non-hydrogen) atoms. The van der Waals surface area contributed by atoms with Crippen molar-refractivity contribution in [3.05, 3.63) is 29.3 Å². The molecule has 1 aromatic carbocycles. The molecule has 0 radical (unpaired) electrons. The summed E-state index contributed by atoms with van der Waals surface area (Å²) in [5.41, 5.74) is 0.553. The number of hydrogen-bond acceptors (Lipinski definition) is 5. The van der Waals surface area contributed by atoms with Gasteiger partial charge in [-0.3, -0.25) is 4.79 Å².